The molecule has 0 saturated carbocycles. The molecular weight excluding hydrogens is 342 g/mol. The van der Waals surface area contributed by atoms with Gasteiger partial charge < -0.3 is 10.1 Å². The lowest BCUT2D eigenvalue weighted by atomic mass is 10.2. The number of hydrogen-bond donors (Lipinski definition) is 2. The highest BCUT2D eigenvalue weighted by molar-refractivity contribution is 6.35. The predicted molar refractivity (Wildman–Crippen MR) is 96.6 cm³/mol. The van der Waals surface area contributed by atoms with E-state index in [1.54, 1.807) is 31.2 Å². The van der Waals surface area contributed by atoms with Crippen LogP contribution in [0.4, 0.5) is 0 Å². The molecule has 0 spiro atoms. The van der Waals surface area contributed by atoms with Gasteiger partial charge in [0.1, 0.15) is 12.4 Å². The van der Waals surface area contributed by atoms with Crippen LogP contribution in [0.1, 0.15) is 18.1 Å². The Balaban J connectivity index is 1.85. The summed E-state index contributed by atoms with van der Waals surface area (Å²) >= 11 is 6.08. The first-order valence-electron chi connectivity index (χ1n) is 7.67. The molecule has 0 aliphatic carbocycles. The normalized spacial score (nSPS) is 10.5. The Bertz CT molecular complexity index is 760. The van der Waals surface area contributed by atoms with Crippen molar-refractivity contribution in [3.8, 4) is 5.75 Å². The summed E-state index contributed by atoms with van der Waals surface area (Å²) in [6.07, 6.45) is 1.44. The molecule has 6 nitrogen and oxygen atoms in total. The molecule has 0 bridgehead atoms. The van der Waals surface area contributed by atoms with Crippen molar-refractivity contribution in [2.24, 2.45) is 5.10 Å². The van der Waals surface area contributed by atoms with Gasteiger partial charge in [-0.1, -0.05) is 29.8 Å². The highest BCUT2D eigenvalue weighted by atomic mass is 35.5. The summed E-state index contributed by atoms with van der Waals surface area (Å²) in [6.45, 7) is 2.48. The third-order valence-corrected chi connectivity index (χ3v) is 3.52. The number of nitrogens with zero attached hydrogens (tertiary/aromatic N) is 1. The van der Waals surface area contributed by atoms with Crippen LogP contribution in [0.5, 0.6) is 5.75 Å². The van der Waals surface area contributed by atoms with E-state index in [1.807, 2.05) is 24.3 Å². The number of hydrogen-bond acceptors (Lipinski definition) is 4. The third-order valence-electron chi connectivity index (χ3n) is 3.16. The van der Waals surface area contributed by atoms with Crippen LogP contribution in [-0.4, -0.2) is 24.6 Å². The molecule has 0 unspecified atom stereocenters. The second-order valence-corrected chi connectivity index (χ2v) is 5.41. The van der Waals surface area contributed by atoms with Crippen molar-refractivity contribution >= 4 is 29.6 Å². The van der Waals surface area contributed by atoms with Gasteiger partial charge in [0.25, 0.3) is 0 Å². The van der Waals surface area contributed by atoms with Crippen molar-refractivity contribution in [3.63, 3.8) is 0 Å². The molecule has 0 saturated heterocycles. The van der Waals surface area contributed by atoms with Crippen LogP contribution < -0.4 is 15.5 Å². The summed E-state index contributed by atoms with van der Waals surface area (Å²) in [4.78, 5) is 22.6. The maximum Gasteiger partial charge on any atom is 0.329 e. The SMILES string of the molecule is CCNC(=O)C(=O)N/N=C\c1ccc(OCc2ccccc2Cl)cc1. The molecule has 130 valence electrons. The topological polar surface area (TPSA) is 79.8 Å². The zero-order chi connectivity index (χ0) is 18.1. The summed E-state index contributed by atoms with van der Waals surface area (Å²) in [5.41, 5.74) is 3.81. The Morgan fingerprint density at radius 3 is 2.52 bits per heavy atom. The molecule has 25 heavy (non-hydrogen) atoms. The molecule has 0 heterocycles. The second kappa shape index (κ2) is 9.44. The van der Waals surface area contributed by atoms with E-state index in [2.05, 4.69) is 15.8 Å². The van der Waals surface area contributed by atoms with Gasteiger partial charge >= 0.3 is 11.8 Å². The van der Waals surface area contributed by atoms with E-state index in [4.69, 9.17) is 16.3 Å². The van der Waals surface area contributed by atoms with Crippen LogP contribution in [0.15, 0.2) is 53.6 Å². The monoisotopic (exact) mass is 359 g/mol. The van der Waals surface area contributed by atoms with Gasteiger partial charge in [-0.3, -0.25) is 9.59 Å². The van der Waals surface area contributed by atoms with Crippen LogP contribution in [0, 0.1) is 0 Å². The van der Waals surface area contributed by atoms with Crippen LogP contribution >= 0.6 is 11.6 Å². The summed E-state index contributed by atoms with van der Waals surface area (Å²) < 4.78 is 5.68. The number of nitrogens with one attached hydrogen (secondary N) is 2. The summed E-state index contributed by atoms with van der Waals surface area (Å²) in [7, 11) is 0. The van der Waals surface area contributed by atoms with Gasteiger partial charge in [0.15, 0.2) is 0 Å². The number of benzene rings is 2. The average molecular weight is 360 g/mol. The first-order valence-corrected chi connectivity index (χ1v) is 8.05. The number of carbonyl (C=O) groups is 2. The molecule has 0 aliphatic heterocycles. The van der Waals surface area contributed by atoms with Crippen LogP contribution in [0.2, 0.25) is 5.02 Å². The van der Waals surface area contributed by atoms with Crippen molar-refractivity contribution in [2.45, 2.75) is 13.5 Å². The molecule has 2 N–H and O–H groups in total. The fourth-order valence-corrected chi connectivity index (χ4v) is 2.07. The van der Waals surface area contributed by atoms with Crippen molar-refractivity contribution < 1.29 is 14.3 Å². The van der Waals surface area contributed by atoms with Crippen molar-refractivity contribution in [1.29, 1.82) is 0 Å². The molecule has 2 rings (SSSR count). The number of amides is 2. The van der Waals surface area contributed by atoms with E-state index in [9.17, 15) is 9.59 Å². The molecule has 0 aromatic heterocycles. The summed E-state index contributed by atoms with van der Waals surface area (Å²) in [5, 5.41) is 6.78. The van der Waals surface area contributed by atoms with Gasteiger partial charge in [-0.25, -0.2) is 5.43 Å². The highest BCUT2D eigenvalue weighted by Gasteiger charge is 2.10. The quantitative estimate of drug-likeness (QED) is 0.472. The van der Waals surface area contributed by atoms with Gasteiger partial charge in [-0.05, 0) is 42.8 Å². The smallest absolute Gasteiger partial charge is 0.329 e. The summed E-state index contributed by atoms with van der Waals surface area (Å²) in [5.74, 6) is -0.843. The molecular formula is C18H18ClN3O3. The maximum absolute atomic E-state index is 11.4. The molecule has 2 aromatic rings. The summed E-state index contributed by atoms with van der Waals surface area (Å²) in [6, 6.07) is 14.6. The number of carbonyl (C=O) groups excluding carboxylic acids is 2. The van der Waals surface area contributed by atoms with Crippen LogP contribution in [0.25, 0.3) is 0 Å². The fraction of sp³-hybridized carbons (Fsp3) is 0.167. The number of rotatable bonds is 6. The molecule has 0 aliphatic rings. The Morgan fingerprint density at radius 2 is 1.84 bits per heavy atom. The lowest BCUT2D eigenvalue weighted by Crippen LogP contribution is -2.37. The van der Waals surface area contributed by atoms with Crippen LogP contribution in [-0.2, 0) is 16.2 Å². The van der Waals surface area contributed by atoms with E-state index in [0.717, 1.165) is 11.1 Å². The predicted octanol–water partition coefficient (Wildman–Crippen LogP) is 2.51. The first kappa shape index (κ1) is 18.5. The largest absolute Gasteiger partial charge is 0.489 e. The molecule has 0 fully saturated rings. The van der Waals surface area contributed by atoms with Crippen molar-refractivity contribution in [1.82, 2.24) is 10.7 Å². The Kier molecular flexibility index (Phi) is 6.98. The molecule has 7 heteroatoms. The molecule has 2 aromatic carbocycles. The van der Waals surface area contributed by atoms with E-state index in [1.165, 1.54) is 6.21 Å². The zero-order valence-corrected chi connectivity index (χ0v) is 14.4. The van der Waals surface area contributed by atoms with Gasteiger partial charge in [-0.2, -0.15) is 5.10 Å². The van der Waals surface area contributed by atoms with E-state index in [-0.39, 0.29) is 0 Å². The van der Waals surface area contributed by atoms with Gasteiger partial charge in [0, 0.05) is 17.1 Å². The number of hydrazone groups is 1. The molecule has 2 amide bonds. The standard InChI is InChI=1S/C18H18ClN3O3/c1-2-20-17(23)18(24)22-21-11-13-7-9-15(10-8-13)25-12-14-5-3-4-6-16(14)19/h3-11H,2,12H2,1H3,(H,20,23)(H,22,24)/b21-11-. The average Bonchev–Trinajstić information content (AvgIpc) is 2.62. The Morgan fingerprint density at radius 1 is 1.12 bits per heavy atom. The number of ether oxygens (including phenoxy) is 1. The molecule has 0 radical (unpaired) electrons. The van der Waals surface area contributed by atoms with Crippen molar-refractivity contribution in [2.75, 3.05) is 6.54 Å². The number of likely N-dealkylation sites (N-methyl/N-ethyl adjacent to an activating group) is 1. The Labute approximate surface area is 150 Å². The minimum absolute atomic E-state index is 0.371. The maximum atomic E-state index is 11.4. The first-order chi connectivity index (χ1) is 12.1. The van der Waals surface area contributed by atoms with Gasteiger partial charge in [0.05, 0.1) is 6.21 Å². The minimum Gasteiger partial charge on any atom is -0.489 e. The van der Waals surface area contributed by atoms with E-state index >= 15 is 0 Å². The Hall–Kier alpha value is -2.86. The lowest BCUT2D eigenvalue weighted by Gasteiger charge is -2.07. The zero-order valence-electron chi connectivity index (χ0n) is 13.7. The van der Waals surface area contributed by atoms with Gasteiger partial charge in [-0.15, -0.1) is 0 Å². The minimum atomic E-state index is -0.808. The van der Waals surface area contributed by atoms with Gasteiger partial charge in [0.2, 0.25) is 0 Å². The van der Waals surface area contributed by atoms with E-state index < -0.39 is 11.8 Å². The van der Waals surface area contributed by atoms with E-state index in [0.29, 0.717) is 23.9 Å². The second-order valence-electron chi connectivity index (χ2n) is 5.01. The molecule has 0 atom stereocenters. The third kappa shape index (κ3) is 5.93. The fourth-order valence-electron chi connectivity index (χ4n) is 1.88. The van der Waals surface area contributed by atoms with Crippen molar-refractivity contribution in [3.05, 3.63) is 64.7 Å². The lowest BCUT2D eigenvalue weighted by molar-refractivity contribution is -0.139. The van der Waals surface area contributed by atoms with Crippen LogP contribution in [0.3, 0.4) is 0 Å². The highest BCUT2D eigenvalue weighted by Crippen LogP contribution is 2.18. The number of halogens is 1.